The van der Waals surface area contributed by atoms with E-state index in [1.807, 2.05) is 24.3 Å². The molecule has 2 unspecified atom stereocenters. The molecule has 2 heterocycles. The van der Waals surface area contributed by atoms with Crippen LogP contribution in [0.3, 0.4) is 0 Å². The van der Waals surface area contributed by atoms with Gasteiger partial charge in [-0.1, -0.05) is 11.2 Å². The zero-order valence-electron chi connectivity index (χ0n) is 17.9. The summed E-state index contributed by atoms with van der Waals surface area (Å²) in [6.45, 7) is 2.67. The van der Waals surface area contributed by atoms with Gasteiger partial charge in [-0.25, -0.2) is 0 Å². The molecule has 1 aliphatic rings. The molecule has 0 bridgehead atoms. The summed E-state index contributed by atoms with van der Waals surface area (Å²) >= 11 is 0. The van der Waals surface area contributed by atoms with E-state index in [1.54, 1.807) is 21.3 Å². The van der Waals surface area contributed by atoms with Crippen molar-refractivity contribution in [2.45, 2.75) is 32.4 Å². The van der Waals surface area contributed by atoms with Crippen molar-refractivity contribution in [1.29, 1.82) is 0 Å². The molecule has 164 valence electrons. The molecular weight excluding hydrogens is 386 g/mol. The Morgan fingerprint density at radius 1 is 1.20 bits per heavy atom. The zero-order valence-corrected chi connectivity index (χ0v) is 17.9. The highest BCUT2D eigenvalue weighted by molar-refractivity contribution is 5.76. The molecular formula is C22H31N3O5. The summed E-state index contributed by atoms with van der Waals surface area (Å²) in [6, 6.07) is 7.59. The smallest absolute Gasteiger partial charge is 0.220 e. The maximum Gasteiger partial charge on any atom is 0.220 e. The summed E-state index contributed by atoms with van der Waals surface area (Å²) in [7, 11) is 4.83. The molecule has 1 aliphatic heterocycles. The van der Waals surface area contributed by atoms with Gasteiger partial charge in [-0.05, 0) is 55.5 Å². The molecule has 8 nitrogen and oxygen atoms in total. The topological polar surface area (TPSA) is 94.9 Å². The molecule has 0 spiro atoms. The number of carbonyl (C=O) groups is 1. The van der Waals surface area contributed by atoms with Crippen LogP contribution in [0, 0.1) is 11.8 Å². The van der Waals surface area contributed by atoms with Crippen LogP contribution in [0.1, 0.15) is 29.9 Å². The van der Waals surface area contributed by atoms with E-state index in [2.05, 4.69) is 15.8 Å². The Hall–Kier alpha value is -2.58. The maximum atomic E-state index is 12.6. The molecule has 1 amide bonds. The molecule has 30 heavy (non-hydrogen) atoms. The normalized spacial score (nSPS) is 18.8. The van der Waals surface area contributed by atoms with Crippen molar-refractivity contribution in [1.82, 2.24) is 15.8 Å². The van der Waals surface area contributed by atoms with Crippen molar-refractivity contribution >= 4 is 5.91 Å². The van der Waals surface area contributed by atoms with Gasteiger partial charge in [0.1, 0.15) is 6.61 Å². The fourth-order valence-corrected chi connectivity index (χ4v) is 3.92. The molecule has 2 atom stereocenters. The Kier molecular flexibility index (Phi) is 8.10. The highest BCUT2D eigenvalue weighted by Gasteiger charge is 2.28. The third-order valence-corrected chi connectivity index (χ3v) is 5.52. The van der Waals surface area contributed by atoms with E-state index in [4.69, 9.17) is 18.7 Å². The van der Waals surface area contributed by atoms with Crippen molar-refractivity contribution in [3.8, 4) is 11.5 Å². The van der Waals surface area contributed by atoms with Gasteiger partial charge in [0.2, 0.25) is 5.91 Å². The molecule has 0 saturated carbocycles. The van der Waals surface area contributed by atoms with Gasteiger partial charge in [0.25, 0.3) is 0 Å². The largest absolute Gasteiger partial charge is 0.493 e. The highest BCUT2D eigenvalue weighted by Crippen LogP contribution is 2.28. The van der Waals surface area contributed by atoms with E-state index in [-0.39, 0.29) is 5.91 Å². The second kappa shape index (κ2) is 11.0. The predicted octanol–water partition coefficient (Wildman–Crippen LogP) is 2.31. The van der Waals surface area contributed by atoms with E-state index < -0.39 is 0 Å². The van der Waals surface area contributed by atoms with Crippen LogP contribution in [0.2, 0.25) is 0 Å². The molecule has 1 aromatic carbocycles. The molecule has 1 fully saturated rings. The van der Waals surface area contributed by atoms with Crippen LogP contribution in [-0.2, 0) is 29.1 Å². The Balaban J connectivity index is 1.53. The lowest BCUT2D eigenvalue weighted by atomic mass is 9.81. The third-order valence-electron chi connectivity index (χ3n) is 5.52. The lowest BCUT2D eigenvalue weighted by molar-refractivity contribution is -0.122. The summed E-state index contributed by atoms with van der Waals surface area (Å²) in [4.78, 5) is 12.6. The number of amides is 1. The number of piperidine rings is 1. The Morgan fingerprint density at radius 2 is 2.03 bits per heavy atom. The van der Waals surface area contributed by atoms with Gasteiger partial charge in [0.15, 0.2) is 17.3 Å². The molecule has 8 heteroatoms. The summed E-state index contributed by atoms with van der Waals surface area (Å²) in [5.74, 6) is 2.75. The van der Waals surface area contributed by atoms with Gasteiger partial charge in [0, 0.05) is 26.1 Å². The van der Waals surface area contributed by atoms with Gasteiger partial charge in [0.05, 0.1) is 19.9 Å². The standard InChI is InChI=1S/C22H31N3O5/c1-27-14-19-11-18(25-30-19)9-17-13-23-7-6-16(17)10-22(26)24-12-15-4-5-20(28-2)21(8-15)29-3/h4-5,8,11,16-17,23H,6-7,9-10,12-14H2,1-3H3,(H,24,26). The van der Waals surface area contributed by atoms with Crippen molar-refractivity contribution in [2.75, 3.05) is 34.4 Å². The fourth-order valence-electron chi connectivity index (χ4n) is 3.92. The number of hydrogen-bond acceptors (Lipinski definition) is 7. The SMILES string of the molecule is COCc1cc(CC2CNCCC2CC(=O)NCc2ccc(OC)c(OC)c2)no1. The van der Waals surface area contributed by atoms with E-state index in [0.717, 1.165) is 42.9 Å². The summed E-state index contributed by atoms with van der Waals surface area (Å²) in [5, 5.41) is 10.6. The Bertz CT molecular complexity index is 823. The van der Waals surface area contributed by atoms with Gasteiger partial charge in [-0.2, -0.15) is 0 Å². The zero-order chi connectivity index (χ0) is 21.3. The van der Waals surface area contributed by atoms with Crippen LogP contribution in [0.25, 0.3) is 0 Å². The maximum absolute atomic E-state index is 12.6. The minimum Gasteiger partial charge on any atom is -0.493 e. The molecule has 0 radical (unpaired) electrons. The van der Waals surface area contributed by atoms with Crippen LogP contribution in [0.4, 0.5) is 0 Å². The number of rotatable bonds is 10. The molecule has 0 aliphatic carbocycles. The molecule has 2 N–H and O–H groups in total. The number of benzene rings is 1. The first kappa shape index (κ1) is 22.1. The molecule has 1 aromatic heterocycles. The Labute approximate surface area is 177 Å². The molecule has 3 rings (SSSR count). The van der Waals surface area contributed by atoms with E-state index in [0.29, 0.717) is 42.9 Å². The van der Waals surface area contributed by atoms with Crippen molar-refractivity contribution in [3.63, 3.8) is 0 Å². The van der Waals surface area contributed by atoms with E-state index >= 15 is 0 Å². The number of methoxy groups -OCH3 is 3. The fraction of sp³-hybridized carbons (Fsp3) is 0.545. The minimum absolute atomic E-state index is 0.0573. The number of carbonyl (C=O) groups excluding carboxylic acids is 1. The van der Waals surface area contributed by atoms with Crippen LogP contribution in [-0.4, -0.2) is 45.5 Å². The van der Waals surface area contributed by atoms with Crippen LogP contribution in [0.5, 0.6) is 11.5 Å². The van der Waals surface area contributed by atoms with Gasteiger partial charge >= 0.3 is 0 Å². The second-order valence-corrected chi connectivity index (χ2v) is 7.60. The van der Waals surface area contributed by atoms with Gasteiger partial charge < -0.3 is 29.4 Å². The highest BCUT2D eigenvalue weighted by atomic mass is 16.5. The monoisotopic (exact) mass is 417 g/mol. The van der Waals surface area contributed by atoms with Gasteiger partial charge in [-0.3, -0.25) is 4.79 Å². The van der Waals surface area contributed by atoms with E-state index in [9.17, 15) is 4.79 Å². The Morgan fingerprint density at radius 3 is 2.80 bits per heavy atom. The summed E-state index contributed by atoms with van der Waals surface area (Å²) < 4.78 is 21.0. The lowest BCUT2D eigenvalue weighted by Crippen LogP contribution is -2.40. The van der Waals surface area contributed by atoms with Crippen LogP contribution in [0.15, 0.2) is 28.8 Å². The van der Waals surface area contributed by atoms with Crippen molar-refractivity contribution < 1.29 is 23.5 Å². The van der Waals surface area contributed by atoms with Crippen molar-refractivity contribution in [2.24, 2.45) is 11.8 Å². The molecule has 2 aromatic rings. The number of aromatic nitrogens is 1. The summed E-state index contributed by atoms with van der Waals surface area (Å²) in [6.07, 6.45) is 2.26. The third kappa shape index (κ3) is 5.96. The number of nitrogens with one attached hydrogen (secondary N) is 2. The van der Waals surface area contributed by atoms with E-state index in [1.165, 1.54) is 0 Å². The second-order valence-electron chi connectivity index (χ2n) is 7.60. The minimum atomic E-state index is 0.0573. The first-order valence-electron chi connectivity index (χ1n) is 10.2. The average molecular weight is 418 g/mol. The average Bonchev–Trinajstić information content (AvgIpc) is 3.20. The first-order valence-corrected chi connectivity index (χ1v) is 10.2. The summed E-state index contributed by atoms with van der Waals surface area (Å²) in [5.41, 5.74) is 1.88. The van der Waals surface area contributed by atoms with Crippen LogP contribution >= 0.6 is 0 Å². The van der Waals surface area contributed by atoms with Crippen molar-refractivity contribution in [3.05, 3.63) is 41.3 Å². The predicted molar refractivity (Wildman–Crippen MR) is 111 cm³/mol. The number of hydrogen-bond donors (Lipinski definition) is 2. The quantitative estimate of drug-likeness (QED) is 0.613. The van der Waals surface area contributed by atoms with Gasteiger partial charge in [-0.15, -0.1) is 0 Å². The lowest BCUT2D eigenvalue weighted by Gasteiger charge is -2.31. The first-order chi connectivity index (χ1) is 14.6. The number of nitrogens with zero attached hydrogens (tertiary/aromatic N) is 1. The number of ether oxygens (including phenoxy) is 3. The van der Waals surface area contributed by atoms with Crippen LogP contribution < -0.4 is 20.1 Å². The molecule has 1 saturated heterocycles.